The fourth-order valence-electron chi connectivity index (χ4n) is 2.47. The topological polar surface area (TPSA) is 62.3 Å². The lowest BCUT2D eigenvalue weighted by Crippen LogP contribution is -2.36. The van der Waals surface area contributed by atoms with E-state index in [-0.39, 0.29) is 0 Å². The molecule has 1 saturated heterocycles. The summed E-state index contributed by atoms with van der Waals surface area (Å²) in [5.74, 6) is 1.34. The fraction of sp³-hybridized carbons (Fsp3) is 0.294. The van der Waals surface area contributed by atoms with Crippen LogP contribution in [0.1, 0.15) is 0 Å². The molecule has 0 amide bonds. The molecule has 23 heavy (non-hydrogen) atoms. The highest BCUT2D eigenvalue weighted by Gasteiger charge is 2.14. The third-order valence-electron chi connectivity index (χ3n) is 3.58. The summed E-state index contributed by atoms with van der Waals surface area (Å²) in [6, 6.07) is 10.1. The Kier molecular flexibility index (Phi) is 5.06. The van der Waals surface area contributed by atoms with E-state index in [2.05, 4.69) is 44.2 Å². The van der Waals surface area contributed by atoms with E-state index in [1.165, 1.54) is 0 Å². The van der Waals surface area contributed by atoms with Crippen LogP contribution in [0.3, 0.4) is 0 Å². The zero-order chi connectivity index (χ0) is 15.9. The van der Waals surface area contributed by atoms with Gasteiger partial charge in [-0.25, -0.2) is 4.98 Å². The van der Waals surface area contributed by atoms with E-state index in [0.717, 1.165) is 43.5 Å². The van der Waals surface area contributed by atoms with Gasteiger partial charge in [-0.1, -0.05) is 18.2 Å². The SMILES string of the molecule is C=CCNc1nccc(Nc2ccccc2N2CCOCC2)n1. The molecule has 2 heterocycles. The zero-order valence-corrected chi connectivity index (χ0v) is 13.0. The van der Waals surface area contributed by atoms with Crippen LogP contribution in [-0.2, 0) is 4.74 Å². The number of benzene rings is 1. The van der Waals surface area contributed by atoms with E-state index >= 15 is 0 Å². The summed E-state index contributed by atoms with van der Waals surface area (Å²) < 4.78 is 5.43. The van der Waals surface area contributed by atoms with Gasteiger partial charge in [0.1, 0.15) is 5.82 Å². The lowest BCUT2D eigenvalue weighted by Gasteiger charge is -2.30. The molecule has 2 aromatic rings. The van der Waals surface area contributed by atoms with Crippen molar-refractivity contribution >= 4 is 23.1 Å². The Morgan fingerprint density at radius 1 is 1.22 bits per heavy atom. The number of ether oxygens (including phenoxy) is 1. The minimum Gasteiger partial charge on any atom is -0.378 e. The number of hydrogen-bond acceptors (Lipinski definition) is 6. The molecule has 1 aromatic carbocycles. The lowest BCUT2D eigenvalue weighted by molar-refractivity contribution is 0.123. The van der Waals surface area contributed by atoms with E-state index in [1.807, 2.05) is 18.2 Å². The largest absolute Gasteiger partial charge is 0.378 e. The van der Waals surface area contributed by atoms with Crippen LogP contribution in [0.25, 0.3) is 0 Å². The maximum Gasteiger partial charge on any atom is 0.224 e. The van der Waals surface area contributed by atoms with Crippen LogP contribution in [0.15, 0.2) is 49.2 Å². The molecule has 0 aliphatic carbocycles. The Morgan fingerprint density at radius 3 is 2.87 bits per heavy atom. The van der Waals surface area contributed by atoms with Crippen LogP contribution in [0, 0.1) is 0 Å². The zero-order valence-electron chi connectivity index (χ0n) is 13.0. The molecule has 0 atom stereocenters. The van der Waals surface area contributed by atoms with Crippen molar-refractivity contribution in [2.75, 3.05) is 48.4 Å². The summed E-state index contributed by atoms with van der Waals surface area (Å²) in [6.45, 7) is 7.63. The van der Waals surface area contributed by atoms with Crippen LogP contribution in [0.5, 0.6) is 0 Å². The summed E-state index contributed by atoms with van der Waals surface area (Å²) in [7, 11) is 0. The first-order valence-electron chi connectivity index (χ1n) is 7.73. The van der Waals surface area contributed by atoms with Gasteiger partial charge >= 0.3 is 0 Å². The summed E-state index contributed by atoms with van der Waals surface area (Å²) in [4.78, 5) is 11.0. The molecule has 0 bridgehead atoms. The molecule has 1 aromatic heterocycles. The van der Waals surface area contributed by atoms with Crippen LogP contribution < -0.4 is 15.5 Å². The number of aromatic nitrogens is 2. The van der Waals surface area contributed by atoms with Gasteiger partial charge in [0, 0.05) is 25.8 Å². The number of para-hydroxylation sites is 2. The number of rotatable bonds is 6. The number of anilines is 4. The first-order chi connectivity index (χ1) is 11.4. The highest BCUT2D eigenvalue weighted by molar-refractivity contribution is 5.74. The van der Waals surface area contributed by atoms with Crippen LogP contribution in [0.2, 0.25) is 0 Å². The van der Waals surface area contributed by atoms with Crippen molar-refractivity contribution in [1.29, 1.82) is 0 Å². The summed E-state index contributed by atoms with van der Waals surface area (Å²) >= 11 is 0. The monoisotopic (exact) mass is 311 g/mol. The quantitative estimate of drug-likeness (QED) is 0.800. The second-order valence-corrected chi connectivity index (χ2v) is 5.18. The van der Waals surface area contributed by atoms with Gasteiger partial charge in [-0.15, -0.1) is 6.58 Å². The molecule has 1 aliphatic rings. The Morgan fingerprint density at radius 2 is 2.04 bits per heavy atom. The van der Waals surface area contributed by atoms with Crippen LogP contribution >= 0.6 is 0 Å². The molecule has 0 radical (unpaired) electrons. The van der Waals surface area contributed by atoms with Crippen LogP contribution in [-0.4, -0.2) is 42.8 Å². The van der Waals surface area contributed by atoms with Gasteiger partial charge in [0.05, 0.1) is 24.6 Å². The fourth-order valence-corrected chi connectivity index (χ4v) is 2.47. The predicted molar refractivity (Wildman–Crippen MR) is 93.5 cm³/mol. The van der Waals surface area contributed by atoms with E-state index in [4.69, 9.17) is 4.74 Å². The molecule has 1 fully saturated rings. The predicted octanol–water partition coefficient (Wildman–Crippen LogP) is 2.65. The summed E-state index contributed by atoms with van der Waals surface area (Å²) in [6.07, 6.45) is 3.51. The second kappa shape index (κ2) is 7.60. The third kappa shape index (κ3) is 3.98. The van der Waals surface area contributed by atoms with Crippen molar-refractivity contribution in [3.63, 3.8) is 0 Å². The van der Waals surface area contributed by atoms with Gasteiger partial charge in [-0.05, 0) is 18.2 Å². The van der Waals surface area contributed by atoms with E-state index in [1.54, 1.807) is 12.3 Å². The van der Waals surface area contributed by atoms with Gasteiger partial charge in [0.25, 0.3) is 0 Å². The Bertz CT molecular complexity index is 655. The molecular formula is C17H21N5O. The second-order valence-electron chi connectivity index (χ2n) is 5.18. The molecule has 0 spiro atoms. The van der Waals surface area contributed by atoms with Gasteiger partial charge in [0.2, 0.25) is 5.95 Å². The van der Waals surface area contributed by atoms with Crippen molar-refractivity contribution in [3.8, 4) is 0 Å². The molecule has 6 nitrogen and oxygen atoms in total. The Hall–Kier alpha value is -2.60. The van der Waals surface area contributed by atoms with Crippen molar-refractivity contribution in [3.05, 3.63) is 49.2 Å². The van der Waals surface area contributed by atoms with Crippen molar-refractivity contribution in [2.45, 2.75) is 0 Å². The Balaban J connectivity index is 1.78. The molecule has 1 aliphatic heterocycles. The first-order valence-corrected chi connectivity index (χ1v) is 7.73. The van der Waals surface area contributed by atoms with E-state index in [9.17, 15) is 0 Å². The van der Waals surface area contributed by atoms with E-state index in [0.29, 0.717) is 12.5 Å². The standard InChI is InChI=1S/C17H21N5O/c1-2-8-18-17-19-9-7-16(21-17)20-14-5-3-4-6-15(14)22-10-12-23-13-11-22/h2-7,9H,1,8,10-13H2,(H2,18,19,20,21). The molecule has 0 unspecified atom stereocenters. The maximum absolute atomic E-state index is 5.43. The third-order valence-corrected chi connectivity index (χ3v) is 3.58. The Labute approximate surface area is 136 Å². The van der Waals surface area contributed by atoms with Gasteiger partial charge in [0.15, 0.2) is 0 Å². The lowest BCUT2D eigenvalue weighted by atomic mass is 10.2. The number of morpholine rings is 1. The molecular weight excluding hydrogens is 290 g/mol. The summed E-state index contributed by atoms with van der Waals surface area (Å²) in [5, 5.41) is 6.48. The number of nitrogens with one attached hydrogen (secondary N) is 2. The van der Waals surface area contributed by atoms with E-state index < -0.39 is 0 Å². The number of hydrogen-bond donors (Lipinski definition) is 2. The average molecular weight is 311 g/mol. The minimum atomic E-state index is 0.582. The molecule has 0 saturated carbocycles. The molecule has 2 N–H and O–H groups in total. The first kappa shape index (κ1) is 15.3. The molecule has 120 valence electrons. The van der Waals surface area contributed by atoms with Crippen molar-refractivity contribution in [2.24, 2.45) is 0 Å². The number of nitrogens with zero attached hydrogens (tertiary/aromatic N) is 3. The minimum absolute atomic E-state index is 0.582. The average Bonchev–Trinajstić information content (AvgIpc) is 2.61. The van der Waals surface area contributed by atoms with Gasteiger partial charge in [-0.2, -0.15) is 4.98 Å². The van der Waals surface area contributed by atoms with Gasteiger partial charge < -0.3 is 20.3 Å². The molecule has 3 rings (SSSR count). The van der Waals surface area contributed by atoms with Crippen molar-refractivity contribution in [1.82, 2.24) is 9.97 Å². The summed E-state index contributed by atoms with van der Waals surface area (Å²) in [5.41, 5.74) is 2.19. The normalized spacial score (nSPS) is 14.3. The molecule has 6 heteroatoms. The maximum atomic E-state index is 5.43. The van der Waals surface area contributed by atoms with Gasteiger partial charge in [-0.3, -0.25) is 0 Å². The van der Waals surface area contributed by atoms with Crippen molar-refractivity contribution < 1.29 is 4.74 Å². The highest BCUT2D eigenvalue weighted by atomic mass is 16.5. The highest BCUT2D eigenvalue weighted by Crippen LogP contribution is 2.28. The smallest absolute Gasteiger partial charge is 0.224 e. The van der Waals surface area contributed by atoms with Crippen LogP contribution in [0.4, 0.5) is 23.1 Å².